The summed E-state index contributed by atoms with van der Waals surface area (Å²) in [5.41, 5.74) is 7.60. The first-order valence-corrected chi connectivity index (χ1v) is 6.49. The minimum Gasteiger partial charge on any atom is -0.398 e. The zero-order valence-corrected chi connectivity index (χ0v) is 11.7. The number of hydrogen-bond donors (Lipinski definition) is 2. The number of hydrogen-bond acceptors (Lipinski definition) is 4. The van der Waals surface area contributed by atoms with E-state index < -0.39 is 11.8 Å². The van der Waals surface area contributed by atoms with E-state index in [9.17, 15) is 14.4 Å². The summed E-state index contributed by atoms with van der Waals surface area (Å²) < 4.78 is 0. The Balaban J connectivity index is 2.47. The lowest BCUT2D eigenvalue weighted by Gasteiger charge is -2.11. The largest absolute Gasteiger partial charge is 0.398 e. The standard InChI is InChI=1S/C15H17N2O3/c1-4-10(18)17-13-14(19)9-6-5-8(7(2)3)12(16)11(9)15(13)20/h5-6,13H,4,16H2,1-3H3,(H,17,18). The van der Waals surface area contributed by atoms with Crippen molar-refractivity contribution < 1.29 is 14.4 Å². The van der Waals surface area contributed by atoms with E-state index in [1.54, 1.807) is 19.1 Å². The van der Waals surface area contributed by atoms with Gasteiger partial charge in [-0.05, 0) is 5.56 Å². The van der Waals surface area contributed by atoms with Crippen molar-refractivity contribution in [2.24, 2.45) is 0 Å². The van der Waals surface area contributed by atoms with Gasteiger partial charge in [0.2, 0.25) is 5.91 Å². The van der Waals surface area contributed by atoms with Crippen LogP contribution in [0.15, 0.2) is 12.1 Å². The van der Waals surface area contributed by atoms with Crippen LogP contribution in [0.3, 0.4) is 0 Å². The highest BCUT2D eigenvalue weighted by Gasteiger charge is 2.41. The molecule has 1 aliphatic rings. The summed E-state index contributed by atoms with van der Waals surface area (Å²) in [7, 11) is 0. The van der Waals surface area contributed by atoms with Crippen LogP contribution in [0.5, 0.6) is 0 Å². The molecule has 1 aromatic rings. The normalized spacial score (nSPS) is 17.5. The molecule has 3 N–H and O–H groups in total. The molecule has 5 heteroatoms. The number of carbonyl (C=O) groups is 3. The number of fused-ring (bicyclic) bond motifs is 1. The van der Waals surface area contributed by atoms with E-state index in [0.717, 1.165) is 11.5 Å². The molecule has 2 rings (SSSR count). The maximum atomic E-state index is 12.3. The fourth-order valence-corrected chi connectivity index (χ4v) is 2.34. The molecule has 0 saturated carbocycles. The maximum Gasteiger partial charge on any atom is 0.220 e. The van der Waals surface area contributed by atoms with Gasteiger partial charge in [0.25, 0.3) is 0 Å². The summed E-state index contributed by atoms with van der Waals surface area (Å²) in [5, 5.41) is 2.45. The van der Waals surface area contributed by atoms with Crippen LogP contribution in [0.1, 0.15) is 53.5 Å². The highest BCUT2D eigenvalue weighted by atomic mass is 16.2. The molecule has 1 radical (unpaired) electrons. The van der Waals surface area contributed by atoms with Crippen molar-refractivity contribution in [3.05, 3.63) is 34.7 Å². The Labute approximate surface area is 117 Å². The van der Waals surface area contributed by atoms with Gasteiger partial charge in [-0.15, -0.1) is 0 Å². The fraction of sp³-hybridized carbons (Fsp3) is 0.333. The van der Waals surface area contributed by atoms with E-state index in [1.807, 2.05) is 13.8 Å². The van der Waals surface area contributed by atoms with Crippen molar-refractivity contribution in [2.45, 2.75) is 33.2 Å². The van der Waals surface area contributed by atoms with Gasteiger partial charge in [-0.25, -0.2) is 0 Å². The Bertz CT molecular complexity index is 605. The van der Waals surface area contributed by atoms with Crippen LogP contribution in [0.4, 0.5) is 5.69 Å². The van der Waals surface area contributed by atoms with Gasteiger partial charge in [-0.3, -0.25) is 14.4 Å². The summed E-state index contributed by atoms with van der Waals surface area (Å²) in [6.07, 6.45) is 0.218. The first-order chi connectivity index (χ1) is 9.38. The Kier molecular flexibility index (Phi) is 3.61. The third kappa shape index (κ3) is 2.09. The number of carbonyl (C=O) groups excluding carboxylic acids is 3. The zero-order chi connectivity index (χ0) is 15.0. The number of nitrogens with two attached hydrogens (primary N) is 1. The molecule has 0 aromatic heterocycles. The molecule has 0 heterocycles. The van der Waals surface area contributed by atoms with Crippen LogP contribution in [-0.4, -0.2) is 23.5 Å². The molecule has 5 nitrogen and oxygen atoms in total. The van der Waals surface area contributed by atoms with E-state index in [1.165, 1.54) is 0 Å². The van der Waals surface area contributed by atoms with Gasteiger partial charge in [-0.2, -0.15) is 0 Å². The molecule has 0 saturated heterocycles. The first-order valence-electron chi connectivity index (χ1n) is 6.49. The molecule has 105 valence electrons. The van der Waals surface area contributed by atoms with Gasteiger partial charge in [0, 0.05) is 23.6 Å². The second kappa shape index (κ2) is 5.07. The Morgan fingerprint density at radius 1 is 1.25 bits per heavy atom. The molecule has 1 amide bonds. The molecule has 1 aliphatic carbocycles. The van der Waals surface area contributed by atoms with Crippen LogP contribution in [0.2, 0.25) is 0 Å². The minimum atomic E-state index is -1.13. The number of nitrogens with one attached hydrogen (secondary N) is 1. The van der Waals surface area contributed by atoms with Gasteiger partial charge >= 0.3 is 0 Å². The Hall–Kier alpha value is -2.17. The molecule has 0 fully saturated rings. The van der Waals surface area contributed by atoms with Gasteiger partial charge in [0.15, 0.2) is 17.6 Å². The van der Waals surface area contributed by atoms with E-state index in [2.05, 4.69) is 5.32 Å². The predicted molar refractivity (Wildman–Crippen MR) is 75.4 cm³/mol. The Morgan fingerprint density at radius 3 is 2.45 bits per heavy atom. The summed E-state index contributed by atoms with van der Waals surface area (Å²) in [6.45, 7) is 5.43. The van der Waals surface area contributed by atoms with Crippen molar-refractivity contribution in [1.82, 2.24) is 5.32 Å². The smallest absolute Gasteiger partial charge is 0.220 e. The molecule has 0 bridgehead atoms. The number of ketones is 2. The SMILES string of the molecule is CCC(=O)NC1C(=O)c2ccc([C](C)C)c(N)c2C1=O. The van der Waals surface area contributed by atoms with Gasteiger partial charge in [0.1, 0.15) is 0 Å². The lowest BCUT2D eigenvalue weighted by molar-refractivity contribution is -0.121. The quantitative estimate of drug-likeness (QED) is 0.645. The number of Topliss-reactive ketones (excluding diaryl/α,β-unsaturated/α-hetero) is 2. The molecular weight excluding hydrogens is 256 g/mol. The highest BCUT2D eigenvalue weighted by molar-refractivity contribution is 6.32. The fourth-order valence-electron chi connectivity index (χ4n) is 2.34. The molecule has 0 aliphatic heterocycles. The molecule has 0 spiro atoms. The number of anilines is 1. The van der Waals surface area contributed by atoms with E-state index in [-0.39, 0.29) is 23.7 Å². The van der Waals surface area contributed by atoms with Crippen molar-refractivity contribution in [3.63, 3.8) is 0 Å². The van der Waals surface area contributed by atoms with E-state index in [4.69, 9.17) is 5.73 Å². The molecule has 1 atom stereocenters. The zero-order valence-electron chi connectivity index (χ0n) is 11.7. The second-order valence-corrected chi connectivity index (χ2v) is 5.03. The number of nitrogen functional groups attached to an aromatic ring is 1. The van der Waals surface area contributed by atoms with Crippen LogP contribution < -0.4 is 11.1 Å². The molecule has 20 heavy (non-hydrogen) atoms. The molecular formula is C15H17N2O3. The lowest BCUT2D eigenvalue weighted by atomic mass is 9.95. The second-order valence-electron chi connectivity index (χ2n) is 5.03. The highest BCUT2D eigenvalue weighted by Crippen LogP contribution is 2.33. The van der Waals surface area contributed by atoms with E-state index >= 15 is 0 Å². The third-order valence-electron chi connectivity index (χ3n) is 3.45. The number of amides is 1. The summed E-state index contributed by atoms with van der Waals surface area (Å²) in [5.74, 6) is -0.181. The van der Waals surface area contributed by atoms with Crippen molar-refractivity contribution in [3.8, 4) is 0 Å². The molecule has 1 aromatic carbocycles. The lowest BCUT2D eigenvalue weighted by Crippen LogP contribution is -2.42. The van der Waals surface area contributed by atoms with Crippen molar-refractivity contribution in [2.75, 3.05) is 5.73 Å². The van der Waals surface area contributed by atoms with Crippen LogP contribution >= 0.6 is 0 Å². The topological polar surface area (TPSA) is 89.3 Å². The first kappa shape index (κ1) is 14.2. The van der Waals surface area contributed by atoms with Crippen LogP contribution in [0, 0.1) is 5.92 Å². The average molecular weight is 273 g/mol. The van der Waals surface area contributed by atoms with Crippen molar-refractivity contribution >= 4 is 23.2 Å². The number of rotatable bonds is 3. The summed E-state index contributed by atoms with van der Waals surface area (Å²) in [4.78, 5) is 35.9. The van der Waals surface area contributed by atoms with Crippen molar-refractivity contribution in [1.29, 1.82) is 0 Å². The summed E-state index contributed by atoms with van der Waals surface area (Å²) in [6, 6.07) is 2.21. The third-order valence-corrected chi connectivity index (χ3v) is 3.45. The van der Waals surface area contributed by atoms with Gasteiger partial charge in [0.05, 0.1) is 5.56 Å². The summed E-state index contributed by atoms with van der Waals surface area (Å²) >= 11 is 0. The monoisotopic (exact) mass is 273 g/mol. The van der Waals surface area contributed by atoms with Crippen LogP contribution in [-0.2, 0) is 4.79 Å². The van der Waals surface area contributed by atoms with E-state index in [0.29, 0.717) is 11.3 Å². The Morgan fingerprint density at radius 2 is 1.90 bits per heavy atom. The minimum absolute atomic E-state index is 0.218. The van der Waals surface area contributed by atoms with Crippen LogP contribution in [0.25, 0.3) is 0 Å². The average Bonchev–Trinajstić information content (AvgIpc) is 2.64. The van der Waals surface area contributed by atoms with Gasteiger partial charge < -0.3 is 11.1 Å². The van der Waals surface area contributed by atoms with Gasteiger partial charge in [-0.1, -0.05) is 32.9 Å². The predicted octanol–water partition coefficient (Wildman–Crippen LogP) is 1.50. The maximum absolute atomic E-state index is 12.3. The number of benzene rings is 1. The molecule has 1 unspecified atom stereocenters.